The van der Waals surface area contributed by atoms with Gasteiger partial charge in [0.15, 0.2) is 5.96 Å². The molecule has 0 aliphatic rings. The molecule has 0 fully saturated rings. The van der Waals surface area contributed by atoms with Gasteiger partial charge in [-0.2, -0.15) is 0 Å². The van der Waals surface area contributed by atoms with Crippen molar-refractivity contribution in [3.8, 4) is 0 Å². The van der Waals surface area contributed by atoms with Crippen LogP contribution in [0.25, 0.3) is 0 Å². The van der Waals surface area contributed by atoms with Crippen molar-refractivity contribution in [1.82, 2.24) is 10.6 Å². The molecule has 0 radical (unpaired) electrons. The molecular weight excluding hydrogens is 324 g/mol. The number of sulfonamides is 1. The lowest BCUT2D eigenvalue weighted by molar-refractivity contribution is 0.346. The molecule has 1 unspecified atom stereocenters. The first kappa shape index (κ1) is 20.4. The zero-order chi connectivity index (χ0) is 18.4. The van der Waals surface area contributed by atoms with Gasteiger partial charge < -0.3 is 10.6 Å². The Morgan fingerprint density at radius 1 is 1.25 bits per heavy atom. The van der Waals surface area contributed by atoms with Crippen molar-refractivity contribution in [2.24, 2.45) is 15.5 Å². The van der Waals surface area contributed by atoms with Gasteiger partial charge in [-0.15, -0.1) is 0 Å². The fourth-order valence-electron chi connectivity index (χ4n) is 2.13. The predicted molar refractivity (Wildman–Crippen MR) is 99.3 cm³/mol. The SMILES string of the molecule is CN=C(NCc1ccc(S(N)(=O)=O)cc1)NC(C)CCC(C)(C)C. The highest BCUT2D eigenvalue weighted by Gasteiger charge is 2.13. The van der Waals surface area contributed by atoms with Gasteiger partial charge in [0.05, 0.1) is 4.90 Å². The molecule has 136 valence electrons. The molecule has 0 saturated heterocycles. The van der Waals surface area contributed by atoms with E-state index in [4.69, 9.17) is 5.14 Å². The Bertz CT molecular complexity index is 646. The van der Waals surface area contributed by atoms with Crippen molar-refractivity contribution in [3.05, 3.63) is 29.8 Å². The number of hydrogen-bond donors (Lipinski definition) is 3. The number of nitrogens with zero attached hydrogens (tertiary/aromatic N) is 1. The highest BCUT2D eigenvalue weighted by Crippen LogP contribution is 2.21. The van der Waals surface area contributed by atoms with E-state index in [9.17, 15) is 8.42 Å². The largest absolute Gasteiger partial charge is 0.354 e. The maximum absolute atomic E-state index is 11.2. The first-order valence-electron chi connectivity index (χ1n) is 8.10. The first-order valence-corrected chi connectivity index (χ1v) is 9.65. The molecule has 0 saturated carbocycles. The molecule has 0 aliphatic heterocycles. The molecule has 1 aromatic carbocycles. The number of guanidine groups is 1. The maximum atomic E-state index is 11.2. The molecule has 0 heterocycles. The van der Waals surface area contributed by atoms with Gasteiger partial charge in [-0.25, -0.2) is 13.6 Å². The molecule has 1 rings (SSSR count). The number of nitrogens with one attached hydrogen (secondary N) is 2. The summed E-state index contributed by atoms with van der Waals surface area (Å²) in [6, 6.07) is 6.81. The number of primary sulfonamides is 1. The molecule has 0 aliphatic carbocycles. The first-order chi connectivity index (χ1) is 11.0. The highest BCUT2D eigenvalue weighted by atomic mass is 32.2. The van der Waals surface area contributed by atoms with Gasteiger partial charge in [0.2, 0.25) is 10.0 Å². The van der Waals surface area contributed by atoms with E-state index in [1.165, 1.54) is 12.1 Å². The topological polar surface area (TPSA) is 96.6 Å². The average molecular weight is 355 g/mol. The van der Waals surface area contributed by atoms with Gasteiger partial charge in [-0.1, -0.05) is 32.9 Å². The van der Waals surface area contributed by atoms with Crippen LogP contribution in [0.3, 0.4) is 0 Å². The Hall–Kier alpha value is -1.60. The fourth-order valence-corrected chi connectivity index (χ4v) is 2.65. The van der Waals surface area contributed by atoms with Gasteiger partial charge in [0.1, 0.15) is 0 Å². The lowest BCUT2D eigenvalue weighted by Crippen LogP contribution is -2.42. The molecule has 1 atom stereocenters. The molecule has 0 aromatic heterocycles. The van der Waals surface area contributed by atoms with E-state index in [-0.39, 0.29) is 4.90 Å². The second-order valence-corrected chi connectivity index (χ2v) is 8.82. The lowest BCUT2D eigenvalue weighted by Gasteiger charge is -2.23. The molecule has 0 spiro atoms. The number of rotatable bonds is 6. The molecule has 1 aromatic rings. The van der Waals surface area contributed by atoms with Gasteiger partial charge in [0, 0.05) is 19.6 Å². The van der Waals surface area contributed by atoms with Gasteiger partial charge >= 0.3 is 0 Å². The molecule has 24 heavy (non-hydrogen) atoms. The van der Waals surface area contributed by atoms with Crippen LogP contribution in [-0.4, -0.2) is 27.5 Å². The molecule has 0 amide bonds. The average Bonchev–Trinajstić information content (AvgIpc) is 2.48. The number of nitrogens with two attached hydrogens (primary N) is 1. The Balaban J connectivity index is 2.52. The minimum atomic E-state index is -3.65. The van der Waals surface area contributed by atoms with Gasteiger partial charge in [0.25, 0.3) is 0 Å². The summed E-state index contributed by atoms with van der Waals surface area (Å²) >= 11 is 0. The minimum Gasteiger partial charge on any atom is -0.354 e. The smallest absolute Gasteiger partial charge is 0.238 e. The van der Waals surface area contributed by atoms with Crippen molar-refractivity contribution in [3.63, 3.8) is 0 Å². The summed E-state index contributed by atoms with van der Waals surface area (Å²) < 4.78 is 22.5. The zero-order valence-corrected chi connectivity index (χ0v) is 16.1. The van der Waals surface area contributed by atoms with Crippen molar-refractivity contribution >= 4 is 16.0 Å². The summed E-state index contributed by atoms with van der Waals surface area (Å²) in [5.74, 6) is 0.729. The normalized spacial score (nSPS) is 14.3. The van der Waals surface area contributed by atoms with Crippen LogP contribution in [-0.2, 0) is 16.6 Å². The second-order valence-electron chi connectivity index (χ2n) is 7.26. The summed E-state index contributed by atoms with van der Waals surface area (Å²) in [5, 5.41) is 11.7. The Morgan fingerprint density at radius 2 is 1.83 bits per heavy atom. The molecule has 4 N–H and O–H groups in total. The highest BCUT2D eigenvalue weighted by molar-refractivity contribution is 7.89. The summed E-state index contributed by atoms with van der Waals surface area (Å²) in [6.07, 6.45) is 2.19. The van der Waals surface area contributed by atoms with E-state index in [2.05, 4.69) is 43.3 Å². The monoisotopic (exact) mass is 354 g/mol. The van der Waals surface area contributed by atoms with Gasteiger partial charge in [-0.05, 0) is 42.9 Å². The Kier molecular flexibility index (Phi) is 7.23. The Labute approximate surface area is 146 Å². The predicted octanol–water partition coefficient (Wildman–Crippen LogP) is 2.21. The van der Waals surface area contributed by atoms with Crippen LogP contribution in [0.1, 0.15) is 46.1 Å². The maximum Gasteiger partial charge on any atom is 0.238 e. The quantitative estimate of drug-likeness (QED) is 0.539. The fraction of sp³-hybridized carbons (Fsp3) is 0.588. The van der Waals surface area contributed by atoms with Crippen molar-refractivity contribution < 1.29 is 8.42 Å². The zero-order valence-electron chi connectivity index (χ0n) is 15.3. The van der Waals surface area contributed by atoms with E-state index in [0.717, 1.165) is 24.4 Å². The van der Waals surface area contributed by atoms with E-state index < -0.39 is 10.0 Å². The third kappa shape index (κ3) is 7.79. The van der Waals surface area contributed by atoms with Crippen LogP contribution < -0.4 is 15.8 Å². The van der Waals surface area contributed by atoms with Crippen molar-refractivity contribution in [2.45, 2.75) is 58.0 Å². The van der Waals surface area contributed by atoms with Crippen LogP contribution in [0.2, 0.25) is 0 Å². The second kappa shape index (κ2) is 8.48. The van der Waals surface area contributed by atoms with Crippen molar-refractivity contribution in [1.29, 1.82) is 0 Å². The lowest BCUT2D eigenvalue weighted by atomic mass is 9.89. The molecule has 6 nitrogen and oxygen atoms in total. The molecular formula is C17H30N4O2S. The summed E-state index contributed by atoms with van der Waals surface area (Å²) in [6.45, 7) is 9.39. The number of benzene rings is 1. The third-order valence-electron chi connectivity index (χ3n) is 3.65. The standard InChI is InChI=1S/C17H30N4O2S/c1-13(10-11-17(2,3)4)21-16(19-5)20-12-14-6-8-15(9-7-14)24(18,22)23/h6-9,13H,10-12H2,1-5H3,(H2,18,22,23)(H2,19,20,21). The van der Waals surface area contributed by atoms with Gasteiger partial charge in [-0.3, -0.25) is 4.99 Å². The van der Waals surface area contributed by atoms with E-state index in [0.29, 0.717) is 18.0 Å². The third-order valence-corrected chi connectivity index (χ3v) is 4.58. The van der Waals surface area contributed by atoms with Crippen LogP contribution >= 0.6 is 0 Å². The van der Waals surface area contributed by atoms with E-state index in [1.807, 2.05) is 0 Å². The summed E-state index contributed by atoms with van der Waals surface area (Å²) in [4.78, 5) is 4.34. The number of aliphatic imine (C=N–C) groups is 1. The van der Waals surface area contributed by atoms with E-state index >= 15 is 0 Å². The van der Waals surface area contributed by atoms with Crippen LogP contribution in [0.4, 0.5) is 0 Å². The Morgan fingerprint density at radius 3 is 2.29 bits per heavy atom. The van der Waals surface area contributed by atoms with Crippen LogP contribution in [0.15, 0.2) is 34.2 Å². The molecule has 7 heteroatoms. The van der Waals surface area contributed by atoms with E-state index in [1.54, 1.807) is 19.2 Å². The summed E-state index contributed by atoms with van der Waals surface area (Å²) in [5.41, 5.74) is 1.27. The van der Waals surface area contributed by atoms with Crippen LogP contribution in [0, 0.1) is 5.41 Å². The van der Waals surface area contributed by atoms with Crippen molar-refractivity contribution in [2.75, 3.05) is 7.05 Å². The number of hydrogen-bond acceptors (Lipinski definition) is 3. The molecule has 0 bridgehead atoms. The van der Waals surface area contributed by atoms with Crippen LogP contribution in [0.5, 0.6) is 0 Å². The minimum absolute atomic E-state index is 0.115. The summed E-state index contributed by atoms with van der Waals surface area (Å²) in [7, 11) is -1.91.